The van der Waals surface area contributed by atoms with Crippen molar-refractivity contribution in [2.24, 2.45) is 5.73 Å². The van der Waals surface area contributed by atoms with E-state index < -0.39 is 37.3 Å². The van der Waals surface area contributed by atoms with E-state index in [0.29, 0.717) is 0 Å². The number of nitrogens with two attached hydrogens (primary N) is 1. The van der Waals surface area contributed by atoms with Gasteiger partial charge in [0, 0.05) is 6.42 Å². The van der Waals surface area contributed by atoms with Gasteiger partial charge < -0.3 is 25.7 Å². The van der Waals surface area contributed by atoms with Crippen molar-refractivity contribution in [1.82, 2.24) is 0 Å². The molecule has 1 rings (SSSR count). The first-order chi connectivity index (χ1) is 9.51. The van der Waals surface area contributed by atoms with Crippen molar-refractivity contribution < 1.29 is 34.2 Å². The van der Waals surface area contributed by atoms with Gasteiger partial charge in [0.05, 0.1) is 11.7 Å². The predicted molar refractivity (Wildman–Crippen MR) is 73.2 cm³/mol. The minimum atomic E-state index is -4.37. The van der Waals surface area contributed by atoms with Crippen LogP contribution in [0.25, 0.3) is 0 Å². The maximum absolute atomic E-state index is 11.5. The van der Waals surface area contributed by atoms with E-state index in [1.165, 1.54) is 19.1 Å². The number of benzene rings is 1. The molecule has 0 amide bonds. The summed E-state index contributed by atoms with van der Waals surface area (Å²) in [7, 11) is -4.37. The fourth-order valence-electron chi connectivity index (χ4n) is 1.84. The van der Waals surface area contributed by atoms with E-state index >= 15 is 0 Å². The van der Waals surface area contributed by atoms with Crippen molar-refractivity contribution in [3.05, 3.63) is 28.8 Å². The zero-order valence-electron chi connectivity index (χ0n) is 11.2. The summed E-state index contributed by atoms with van der Waals surface area (Å²) in [5.41, 5.74) is 5.42. The predicted octanol–water partition coefficient (Wildman–Crippen LogP) is 0.227. The second-order valence-electron chi connectivity index (χ2n) is 4.68. The van der Waals surface area contributed by atoms with Gasteiger partial charge in [-0.3, -0.25) is 14.2 Å². The average Bonchev–Trinajstić information content (AvgIpc) is 2.30. The van der Waals surface area contributed by atoms with Gasteiger partial charge in [-0.15, -0.1) is 0 Å². The number of aromatic hydroxyl groups is 1. The summed E-state index contributed by atoms with van der Waals surface area (Å²) >= 11 is 0. The lowest BCUT2D eigenvalue weighted by atomic mass is 9.97. The first-order valence-electron chi connectivity index (χ1n) is 5.90. The smallest absolute Gasteiger partial charge is 0.329 e. The largest absolute Gasteiger partial charge is 0.507 e. The highest BCUT2D eigenvalue weighted by Gasteiger charge is 2.21. The zero-order chi connectivity index (χ0) is 16.4. The molecule has 0 saturated carbocycles. The molecule has 8 nitrogen and oxygen atoms in total. The van der Waals surface area contributed by atoms with Gasteiger partial charge in [-0.05, 0) is 24.1 Å². The average molecular weight is 317 g/mol. The van der Waals surface area contributed by atoms with Crippen molar-refractivity contribution in [3.8, 4) is 5.75 Å². The highest BCUT2D eigenvalue weighted by atomic mass is 31.2. The lowest BCUT2D eigenvalue weighted by Gasteiger charge is -2.14. The topological polar surface area (TPSA) is 158 Å². The highest BCUT2D eigenvalue weighted by molar-refractivity contribution is 7.50. The van der Waals surface area contributed by atoms with Crippen LogP contribution in [0.15, 0.2) is 12.1 Å². The van der Waals surface area contributed by atoms with Crippen LogP contribution in [-0.4, -0.2) is 37.8 Å². The third-order valence-corrected chi connectivity index (χ3v) is 3.55. The summed E-state index contributed by atoms with van der Waals surface area (Å²) in [5, 5.41) is 18.7. The van der Waals surface area contributed by atoms with Crippen molar-refractivity contribution in [3.63, 3.8) is 0 Å². The number of carboxylic acid groups (broad SMARTS) is 1. The normalized spacial score (nSPS) is 13.0. The molecule has 0 aliphatic heterocycles. The number of ketones is 1. The number of aliphatic carboxylic acids is 1. The van der Waals surface area contributed by atoms with Gasteiger partial charge in [-0.1, -0.05) is 6.07 Å². The molecule has 0 saturated heterocycles. The molecular weight excluding hydrogens is 301 g/mol. The summed E-state index contributed by atoms with van der Waals surface area (Å²) in [6, 6.07) is 1.11. The second-order valence-corrected chi connectivity index (χ2v) is 6.32. The molecule has 116 valence electrons. The summed E-state index contributed by atoms with van der Waals surface area (Å²) in [6.45, 7) is 1.18. The third kappa shape index (κ3) is 4.95. The summed E-state index contributed by atoms with van der Waals surface area (Å²) < 4.78 is 11.0. The van der Waals surface area contributed by atoms with Crippen molar-refractivity contribution >= 4 is 19.3 Å². The van der Waals surface area contributed by atoms with Crippen molar-refractivity contribution in [2.45, 2.75) is 25.5 Å². The van der Waals surface area contributed by atoms with Crippen LogP contribution >= 0.6 is 7.60 Å². The Kier molecular flexibility index (Phi) is 5.25. The minimum absolute atomic E-state index is 0.0565. The fourth-order valence-corrected chi connectivity index (χ4v) is 2.50. The fraction of sp³-hybridized carbons (Fsp3) is 0.333. The maximum atomic E-state index is 11.5. The Bertz CT molecular complexity index is 622. The van der Waals surface area contributed by atoms with E-state index in [1.807, 2.05) is 0 Å². The van der Waals surface area contributed by atoms with E-state index in [9.17, 15) is 19.3 Å². The molecule has 1 aromatic carbocycles. The monoisotopic (exact) mass is 317 g/mol. The van der Waals surface area contributed by atoms with Crippen molar-refractivity contribution in [2.75, 3.05) is 0 Å². The van der Waals surface area contributed by atoms with Crippen LogP contribution in [0.4, 0.5) is 0 Å². The number of rotatable bonds is 6. The van der Waals surface area contributed by atoms with E-state index in [0.717, 1.165) is 0 Å². The first-order valence-corrected chi connectivity index (χ1v) is 7.69. The van der Waals surface area contributed by atoms with E-state index in [2.05, 4.69) is 0 Å². The van der Waals surface area contributed by atoms with Crippen LogP contribution in [0.3, 0.4) is 0 Å². The van der Waals surface area contributed by atoms with Gasteiger partial charge in [0.15, 0.2) is 5.78 Å². The molecule has 0 spiro atoms. The number of Topliss-reactive ketones (excluding diaryl/α,β-unsaturated/α-hetero) is 1. The third-order valence-electron chi connectivity index (χ3n) is 2.77. The van der Waals surface area contributed by atoms with E-state index in [-0.39, 0.29) is 23.1 Å². The molecule has 0 fully saturated rings. The Hall–Kier alpha value is -1.73. The molecule has 6 N–H and O–H groups in total. The summed E-state index contributed by atoms with van der Waals surface area (Å²) in [4.78, 5) is 40.2. The zero-order valence-corrected chi connectivity index (χ0v) is 12.1. The van der Waals surface area contributed by atoms with Crippen molar-refractivity contribution in [1.29, 1.82) is 0 Å². The van der Waals surface area contributed by atoms with Crippen LogP contribution in [0.5, 0.6) is 5.75 Å². The van der Waals surface area contributed by atoms with Gasteiger partial charge in [0.1, 0.15) is 11.8 Å². The van der Waals surface area contributed by atoms with Gasteiger partial charge >= 0.3 is 13.6 Å². The Balaban J connectivity index is 3.31. The van der Waals surface area contributed by atoms with Crippen LogP contribution in [-0.2, 0) is 21.9 Å². The van der Waals surface area contributed by atoms with Crippen LogP contribution in [0, 0.1) is 0 Å². The molecule has 0 aromatic heterocycles. The SMILES string of the molecule is CC(=O)c1cc(CP(=O)(O)O)cc(C[C@H](N)C(=O)O)c1O. The number of phenols is 1. The Labute approximate surface area is 120 Å². The van der Waals surface area contributed by atoms with Gasteiger partial charge in [-0.25, -0.2) is 0 Å². The summed E-state index contributed by atoms with van der Waals surface area (Å²) in [6.07, 6.45) is -0.890. The molecule has 1 atom stereocenters. The molecule has 21 heavy (non-hydrogen) atoms. The number of hydrogen-bond acceptors (Lipinski definition) is 5. The number of carbonyl (C=O) groups excluding carboxylic acids is 1. The molecule has 0 aliphatic carbocycles. The molecular formula is C12H16NO7P. The molecule has 1 aromatic rings. The quantitative estimate of drug-likeness (QED) is 0.368. The number of phenolic OH excluding ortho intramolecular Hbond substituents is 1. The molecule has 0 heterocycles. The number of carboxylic acids is 1. The van der Waals surface area contributed by atoms with Gasteiger partial charge in [-0.2, -0.15) is 0 Å². The maximum Gasteiger partial charge on any atom is 0.329 e. The Morgan fingerprint density at radius 2 is 1.90 bits per heavy atom. The minimum Gasteiger partial charge on any atom is -0.507 e. The van der Waals surface area contributed by atoms with E-state index in [4.69, 9.17) is 20.6 Å². The van der Waals surface area contributed by atoms with Gasteiger partial charge in [0.25, 0.3) is 0 Å². The lowest BCUT2D eigenvalue weighted by Crippen LogP contribution is -2.32. The number of carbonyl (C=O) groups is 2. The highest BCUT2D eigenvalue weighted by Crippen LogP contribution is 2.40. The lowest BCUT2D eigenvalue weighted by molar-refractivity contribution is -0.138. The second kappa shape index (κ2) is 6.36. The standard InChI is InChI=1S/C12H16NO7P/c1-6(14)9-3-7(5-21(18,19)20)2-8(11(9)15)4-10(13)12(16)17/h2-3,10,15H,4-5,13H2,1H3,(H,16,17)(H2,18,19,20)/t10-/m0/s1. The molecule has 0 unspecified atom stereocenters. The molecule has 0 radical (unpaired) electrons. The number of hydrogen-bond donors (Lipinski definition) is 5. The van der Waals surface area contributed by atoms with Crippen LogP contribution in [0.2, 0.25) is 0 Å². The first kappa shape index (κ1) is 17.3. The molecule has 0 aliphatic rings. The Morgan fingerprint density at radius 3 is 2.33 bits per heavy atom. The molecule has 9 heteroatoms. The van der Waals surface area contributed by atoms with Gasteiger partial charge in [0.2, 0.25) is 0 Å². The van der Waals surface area contributed by atoms with E-state index in [1.54, 1.807) is 0 Å². The molecule has 0 bridgehead atoms. The van der Waals surface area contributed by atoms with Crippen LogP contribution in [0.1, 0.15) is 28.4 Å². The van der Waals surface area contributed by atoms with Crippen LogP contribution < -0.4 is 5.73 Å². The summed E-state index contributed by atoms with van der Waals surface area (Å²) in [5.74, 6) is -2.22. The Morgan fingerprint density at radius 1 is 1.33 bits per heavy atom.